The minimum Gasteiger partial charge on any atom is -0.378 e. The fraction of sp³-hybridized carbons (Fsp3) is 1.00. The van der Waals surface area contributed by atoms with Crippen LogP contribution in [0.5, 0.6) is 0 Å². The molecule has 0 aromatic rings. The van der Waals surface area contributed by atoms with Crippen LogP contribution in [0.1, 0.15) is 20.8 Å². The molecule has 5 heteroatoms. The molecule has 0 bridgehead atoms. The van der Waals surface area contributed by atoms with Crippen molar-refractivity contribution in [3.05, 3.63) is 0 Å². The third-order valence-electron chi connectivity index (χ3n) is 2.41. The number of rotatable bonds is 12. The summed E-state index contributed by atoms with van der Waals surface area (Å²) in [7, 11) is 0. The predicted octanol–water partition coefficient (Wildman–Crippen LogP) is 0.716. The molecule has 5 nitrogen and oxygen atoms in total. The van der Waals surface area contributed by atoms with Crippen molar-refractivity contribution in [2.24, 2.45) is 0 Å². The number of ether oxygens (including phenoxy) is 3. The molecule has 0 aliphatic carbocycles. The fourth-order valence-electron chi connectivity index (χ4n) is 1.33. The summed E-state index contributed by atoms with van der Waals surface area (Å²) in [5.41, 5.74) is 0. The molecule has 1 N–H and O–H groups in total. The summed E-state index contributed by atoms with van der Waals surface area (Å²) in [4.78, 5) is 2.32. The minimum absolute atomic E-state index is 0.414. The van der Waals surface area contributed by atoms with E-state index in [9.17, 15) is 0 Å². The Kier molecular flexibility index (Phi) is 12.1. The number of nitrogens with zero attached hydrogens (tertiary/aromatic N) is 1. The van der Waals surface area contributed by atoms with Gasteiger partial charge in [-0.3, -0.25) is 0 Å². The second-order valence-corrected chi connectivity index (χ2v) is 3.72. The molecule has 0 rings (SSSR count). The van der Waals surface area contributed by atoms with Gasteiger partial charge in [0.2, 0.25) is 0 Å². The van der Waals surface area contributed by atoms with Crippen molar-refractivity contribution in [2.45, 2.75) is 27.1 Å². The van der Waals surface area contributed by atoms with Gasteiger partial charge in [0.05, 0.1) is 33.0 Å². The molecular formula is C12H27NO4. The van der Waals surface area contributed by atoms with Crippen LogP contribution >= 0.6 is 0 Å². The zero-order valence-corrected chi connectivity index (χ0v) is 11.4. The average molecular weight is 249 g/mol. The Balaban J connectivity index is 3.08. The summed E-state index contributed by atoms with van der Waals surface area (Å²) in [6, 6.07) is 0. The highest BCUT2D eigenvalue weighted by atomic mass is 16.6. The molecule has 0 heterocycles. The molecule has 0 aliphatic rings. The van der Waals surface area contributed by atoms with E-state index in [0.29, 0.717) is 26.4 Å². The number of hydrogen-bond acceptors (Lipinski definition) is 5. The minimum atomic E-state index is -0.719. The second-order valence-electron chi connectivity index (χ2n) is 3.72. The summed E-state index contributed by atoms with van der Waals surface area (Å²) in [5.74, 6) is 0. The Bertz CT molecular complexity index is 151. The van der Waals surface area contributed by atoms with E-state index < -0.39 is 6.29 Å². The fourth-order valence-corrected chi connectivity index (χ4v) is 1.33. The van der Waals surface area contributed by atoms with Crippen LogP contribution in [0.3, 0.4) is 0 Å². The summed E-state index contributed by atoms with van der Waals surface area (Å²) >= 11 is 0. The molecular weight excluding hydrogens is 222 g/mol. The Morgan fingerprint density at radius 2 is 1.47 bits per heavy atom. The van der Waals surface area contributed by atoms with E-state index in [1.807, 2.05) is 0 Å². The smallest absolute Gasteiger partial charge is 0.151 e. The number of likely N-dealkylation sites (N-methyl/N-ethyl adjacent to an activating group) is 1. The van der Waals surface area contributed by atoms with Crippen molar-refractivity contribution >= 4 is 0 Å². The van der Waals surface area contributed by atoms with Crippen LogP contribution in [0, 0.1) is 0 Å². The summed E-state index contributed by atoms with van der Waals surface area (Å²) in [6.45, 7) is 11.8. The quantitative estimate of drug-likeness (QED) is 0.408. The molecule has 104 valence electrons. The van der Waals surface area contributed by atoms with E-state index in [1.165, 1.54) is 0 Å². The lowest BCUT2D eigenvalue weighted by Crippen LogP contribution is -2.27. The van der Waals surface area contributed by atoms with Gasteiger partial charge in [-0.2, -0.15) is 0 Å². The van der Waals surface area contributed by atoms with Crippen LogP contribution in [0.15, 0.2) is 0 Å². The summed E-state index contributed by atoms with van der Waals surface area (Å²) in [5, 5.41) is 8.82. The molecule has 17 heavy (non-hydrogen) atoms. The van der Waals surface area contributed by atoms with Crippen LogP contribution in [-0.4, -0.2) is 69.0 Å². The first-order valence-electron chi connectivity index (χ1n) is 6.38. The zero-order chi connectivity index (χ0) is 12.9. The van der Waals surface area contributed by atoms with E-state index in [2.05, 4.69) is 18.7 Å². The highest BCUT2D eigenvalue weighted by Crippen LogP contribution is 1.88. The second kappa shape index (κ2) is 12.3. The number of hydrogen-bond donors (Lipinski definition) is 1. The van der Waals surface area contributed by atoms with Crippen LogP contribution < -0.4 is 0 Å². The number of aliphatic hydroxyl groups is 1. The molecule has 1 atom stereocenters. The van der Waals surface area contributed by atoms with Crippen LogP contribution in [0.2, 0.25) is 0 Å². The Morgan fingerprint density at radius 1 is 0.941 bits per heavy atom. The van der Waals surface area contributed by atoms with Gasteiger partial charge in [0.15, 0.2) is 6.29 Å². The highest BCUT2D eigenvalue weighted by Gasteiger charge is 1.98. The average Bonchev–Trinajstić information content (AvgIpc) is 2.31. The molecule has 0 radical (unpaired) electrons. The van der Waals surface area contributed by atoms with Crippen molar-refractivity contribution in [3.63, 3.8) is 0 Å². The standard InChI is InChI=1S/C12H27NO4/c1-4-13(5-2)6-7-15-8-9-16-10-11-17-12(3)14/h12,14H,4-11H2,1-3H3. The monoisotopic (exact) mass is 249 g/mol. The van der Waals surface area contributed by atoms with Crippen molar-refractivity contribution in [3.8, 4) is 0 Å². The Hall–Kier alpha value is -0.200. The topological polar surface area (TPSA) is 51.2 Å². The van der Waals surface area contributed by atoms with E-state index in [4.69, 9.17) is 19.3 Å². The Morgan fingerprint density at radius 3 is 2.00 bits per heavy atom. The molecule has 0 aromatic carbocycles. The maximum absolute atomic E-state index is 8.82. The van der Waals surface area contributed by atoms with Gasteiger partial charge in [0, 0.05) is 6.54 Å². The third kappa shape index (κ3) is 12.1. The van der Waals surface area contributed by atoms with Crippen LogP contribution in [-0.2, 0) is 14.2 Å². The SMILES string of the molecule is CCN(CC)CCOCCOCCOC(C)O. The summed E-state index contributed by atoms with van der Waals surface area (Å²) in [6.07, 6.45) is -0.719. The first kappa shape index (κ1) is 16.8. The zero-order valence-electron chi connectivity index (χ0n) is 11.4. The lowest BCUT2D eigenvalue weighted by molar-refractivity contribution is -0.101. The van der Waals surface area contributed by atoms with E-state index in [0.717, 1.165) is 26.2 Å². The van der Waals surface area contributed by atoms with Gasteiger partial charge in [0.25, 0.3) is 0 Å². The van der Waals surface area contributed by atoms with E-state index in [1.54, 1.807) is 6.92 Å². The molecule has 0 saturated carbocycles. The normalized spacial score (nSPS) is 13.2. The van der Waals surface area contributed by atoms with Crippen molar-refractivity contribution in [1.82, 2.24) is 4.90 Å². The van der Waals surface area contributed by atoms with Crippen LogP contribution in [0.25, 0.3) is 0 Å². The molecule has 0 amide bonds. The highest BCUT2D eigenvalue weighted by molar-refractivity contribution is 4.50. The van der Waals surface area contributed by atoms with Gasteiger partial charge >= 0.3 is 0 Å². The Labute approximate surface area is 105 Å². The van der Waals surface area contributed by atoms with Gasteiger partial charge in [-0.1, -0.05) is 13.8 Å². The third-order valence-corrected chi connectivity index (χ3v) is 2.41. The molecule has 0 saturated heterocycles. The van der Waals surface area contributed by atoms with Crippen LogP contribution in [0.4, 0.5) is 0 Å². The van der Waals surface area contributed by atoms with Gasteiger partial charge in [-0.25, -0.2) is 0 Å². The van der Waals surface area contributed by atoms with Crippen molar-refractivity contribution in [2.75, 3.05) is 52.7 Å². The van der Waals surface area contributed by atoms with Gasteiger partial charge < -0.3 is 24.2 Å². The van der Waals surface area contributed by atoms with Gasteiger partial charge in [-0.05, 0) is 20.0 Å². The lowest BCUT2D eigenvalue weighted by Gasteiger charge is -2.17. The maximum atomic E-state index is 8.82. The van der Waals surface area contributed by atoms with E-state index >= 15 is 0 Å². The lowest BCUT2D eigenvalue weighted by atomic mass is 10.5. The maximum Gasteiger partial charge on any atom is 0.151 e. The molecule has 0 spiro atoms. The number of aliphatic hydroxyl groups excluding tert-OH is 1. The molecule has 0 aliphatic heterocycles. The van der Waals surface area contributed by atoms with Gasteiger partial charge in [0.1, 0.15) is 0 Å². The first-order valence-corrected chi connectivity index (χ1v) is 6.38. The largest absolute Gasteiger partial charge is 0.378 e. The van der Waals surface area contributed by atoms with E-state index in [-0.39, 0.29) is 0 Å². The summed E-state index contributed by atoms with van der Waals surface area (Å²) < 4.78 is 15.6. The van der Waals surface area contributed by atoms with Crippen molar-refractivity contribution in [1.29, 1.82) is 0 Å². The van der Waals surface area contributed by atoms with Gasteiger partial charge in [-0.15, -0.1) is 0 Å². The first-order chi connectivity index (χ1) is 8.20. The molecule has 0 aromatic heterocycles. The van der Waals surface area contributed by atoms with Crippen molar-refractivity contribution < 1.29 is 19.3 Å². The molecule has 0 fully saturated rings. The molecule has 1 unspecified atom stereocenters. The predicted molar refractivity (Wildman–Crippen MR) is 67.1 cm³/mol.